The van der Waals surface area contributed by atoms with Crippen LogP contribution in [-0.4, -0.2) is 40.7 Å². The molecule has 1 aromatic carbocycles. The van der Waals surface area contributed by atoms with Crippen LogP contribution in [0.15, 0.2) is 18.2 Å². The third-order valence-electron chi connectivity index (χ3n) is 2.23. The third-order valence-corrected chi connectivity index (χ3v) is 2.23. The number of hydrogen-bond acceptors (Lipinski definition) is 3. The lowest BCUT2D eigenvalue weighted by molar-refractivity contribution is 0.0729. The van der Waals surface area contributed by atoms with Crippen LogP contribution in [-0.2, 0) is 0 Å². The maximum atomic E-state index is 12.7. The zero-order valence-electron chi connectivity index (χ0n) is 8.98. The maximum absolute atomic E-state index is 12.7. The van der Waals surface area contributed by atoms with Crippen molar-refractivity contribution in [2.75, 3.05) is 19.7 Å². The van der Waals surface area contributed by atoms with E-state index < -0.39 is 11.7 Å². The number of halogens is 1. The van der Waals surface area contributed by atoms with Crippen LogP contribution >= 0.6 is 0 Å². The number of amides is 1. The summed E-state index contributed by atoms with van der Waals surface area (Å²) in [5.74, 6) is -1.41. The number of carbonyl (C=O) groups excluding carboxylic acids is 1. The topological polar surface area (TPSA) is 60.8 Å². The predicted octanol–water partition coefficient (Wildman–Crippen LogP) is 0.986. The fraction of sp³-hybridized carbons (Fsp3) is 0.364. The first-order valence-electron chi connectivity index (χ1n) is 4.98. The lowest BCUT2D eigenvalue weighted by Gasteiger charge is -2.20. The third kappa shape index (κ3) is 2.70. The van der Waals surface area contributed by atoms with Gasteiger partial charge in [0, 0.05) is 19.2 Å². The summed E-state index contributed by atoms with van der Waals surface area (Å²) in [4.78, 5) is 13.2. The maximum Gasteiger partial charge on any atom is 0.257 e. The zero-order chi connectivity index (χ0) is 12.1. The Morgan fingerprint density at radius 3 is 2.69 bits per heavy atom. The van der Waals surface area contributed by atoms with Crippen molar-refractivity contribution in [1.29, 1.82) is 0 Å². The van der Waals surface area contributed by atoms with Gasteiger partial charge in [0.15, 0.2) is 0 Å². The normalized spacial score (nSPS) is 10.2. The monoisotopic (exact) mass is 227 g/mol. The first-order valence-corrected chi connectivity index (χ1v) is 4.98. The quantitative estimate of drug-likeness (QED) is 0.806. The second kappa shape index (κ2) is 5.46. The van der Waals surface area contributed by atoms with Gasteiger partial charge in [-0.05, 0) is 19.1 Å². The molecule has 0 aliphatic heterocycles. The SMILES string of the molecule is CCN(CCO)C(=O)c1ccc(F)cc1O. The number of phenols is 1. The van der Waals surface area contributed by atoms with Crippen molar-refractivity contribution < 1.29 is 19.4 Å². The zero-order valence-corrected chi connectivity index (χ0v) is 8.98. The fourth-order valence-electron chi connectivity index (χ4n) is 1.38. The average molecular weight is 227 g/mol. The molecule has 0 saturated heterocycles. The van der Waals surface area contributed by atoms with Gasteiger partial charge in [0.1, 0.15) is 11.6 Å². The molecule has 1 rings (SSSR count). The van der Waals surface area contributed by atoms with Crippen LogP contribution in [0.5, 0.6) is 5.75 Å². The molecule has 0 spiro atoms. The van der Waals surface area contributed by atoms with Gasteiger partial charge in [-0.3, -0.25) is 4.79 Å². The lowest BCUT2D eigenvalue weighted by atomic mass is 10.1. The van der Waals surface area contributed by atoms with Crippen LogP contribution in [0.3, 0.4) is 0 Å². The Kier molecular flexibility index (Phi) is 4.25. The molecule has 0 fully saturated rings. The fourth-order valence-corrected chi connectivity index (χ4v) is 1.38. The van der Waals surface area contributed by atoms with Gasteiger partial charge in [-0.25, -0.2) is 4.39 Å². The van der Waals surface area contributed by atoms with E-state index in [0.29, 0.717) is 6.54 Å². The molecule has 16 heavy (non-hydrogen) atoms. The van der Waals surface area contributed by atoms with Crippen LogP contribution < -0.4 is 0 Å². The molecule has 0 aliphatic rings. The number of phenolic OH excluding ortho intramolecular Hbond substituents is 1. The van der Waals surface area contributed by atoms with Gasteiger partial charge in [-0.15, -0.1) is 0 Å². The molecule has 5 heteroatoms. The van der Waals surface area contributed by atoms with E-state index in [-0.39, 0.29) is 24.5 Å². The Morgan fingerprint density at radius 2 is 2.19 bits per heavy atom. The summed E-state index contributed by atoms with van der Waals surface area (Å²) >= 11 is 0. The van der Waals surface area contributed by atoms with Gasteiger partial charge in [0.2, 0.25) is 0 Å². The molecule has 0 aromatic heterocycles. The highest BCUT2D eigenvalue weighted by atomic mass is 19.1. The van der Waals surface area contributed by atoms with E-state index in [1.54, 1.807) is 6.92 Å². The Labute approximate surface area is 92.9 Å². The first-order chi connectivity index (χ1) is 7.60. The number of rotatable bonds is 4. The molecule has 0 bridgehead atoms. The smallest absolute Gasteiger partial charge is 0.257 e. The van der Waals surface area contributed by atoms with E-state index in [9.17, 15) is 14.3 Å². The van der Waals surface area contributed by atoms with Gasteiger partial charge in [0.25, 0.3) is 5.91 Å². The molecule has 0 radical (unpaired) electrons. The molecule has 0 atom stereocenters. The number of benzene rings is 1. The van der Waals surface area contributed by atoms with Gasteiger partial charge < -0.3 is 15.1 Å². The van der Waals surface area contributed by atoms with Crippen LogP contribution in [0, 0.1) is 5.82 Å². The van der Waals surface area contributed by atoms with Gasteiger partial charge in [-0.1, -0.05) is 0 Å². The number of aliphatic hydroxyl groups excluding tert-OH is 1. The molecule has 4 nitrogen and oxygen atoms in total. The first kappa shape index (κ1) is 12.4. The molecule has 1 amide bonds. The predicted molar refractivity (Wildman–Crippen MR) is 56.7 cm³/mol. The van der Waals surface area contributed by atoms with Crippen molar-refractivity contribution in [3.8, 4) is 5.75 Å². The summed E-state index contributed by atoms with van der Waals surface area (Å²) in [5, 5.41) is 18.2. The Hall–Kier alpha value is -1.62. The largest absolute Gasteiger partial charge is 0.507 e. The van der Waals surface area contributed by atoms with E-state index >= 15 is 0 Å². The van der Waals surface area contributed by atoms with E-state index in [4.69, 9.17) is 5.11 Å². The highest BCUT2D eigenvalue weighted by molar-refractivity contribution is 5.96. The summed E-state index contributed by atoms with van der Waals surface area (Å²) in [6.45, 7) is 2.21. The number of aliphatic hydroxyl groups is 1. The molecular weight excluding hydrogens is 213 g/mol. The minimum absolute atomic E-state index is 0.0386. The summed E-state index contributed by atoms with van der Waals surface area (Å²) in [6.07, 6.45) is 0. The van der Waals surface area contributed by atoms with Crippen molar-refractivity contribution >= 4 is 5.91 Å². The van der Waals surface area contributed by atoms with E-state index in [2.05, 4.69) is 0 Å². The number of likely N-dealkylation sites (N-methyl/N-ethyl adjacent to an activating group) is 1. The molecule has 0 unspecified atom stereocenters. The van der Waals surface area contributed by atoms with E-state index in [1.807, 2.05) is 0 Å². The van der Waals surface area contributed by atoms with Gasteiger partial charge in [-0.2, -0.15) is 0 Å². The number of nitrogens with zero attached hydrogens (tertiary/aromatic N) is 1. The summed E-state index contributed by atoms with van der Waals surface area (Å²) in [5.41, 5.74) is 0.0386. The number of aromatic hydroxyl groups is 1. The molecule has 88 valence electrons. The Balaban J connectivity index is 2.94. The van der Waals surface area contributed by atoms with E-state index in [0.717, 1.165) is 12.1 Å². The Bertz CT molecular complexity index is 381. The minimum Gasteiger partial charge on any atom is -0.507 e. The van der Waals surface area contributed by atoms with Gasteiger partial charge >= 0.3 is 0 Å². The Morgan fingerprint density at radius 1 is 1.50 bits per heavy atom. The van der Waals surface area contributed by atoms with Crippen LogP contribution in [0.1, 0.15) is 17.3 Å². The van der Waals surface area contributed by atoms with Crippen LogP contribution in [0.4, 0.5) is 4.39 Å². The summed E-state index contributed by atoms with van der Waals surface area (Å²) < 4.78 is 12.7. The standard InChI is InChI=1S/C11H14FNO3/c1-2-13(5-6-14)11(16)9-4-3-8(12)7-10(9)15/h3-4,7,14-15H,2,5-6H2,1H3. The van der Waals surface area contributed by atoms with Crippen molar-refractivity contribution in [2.45, 2.75) is 6.92 Å². The average Bonchev–Trinajstić information content (AvgIpc) is 2.25. The van der Waals surface area contributed by atoms with Crippen molar-refractivity contribution in [1.82, 2.24) is 4.90 Å². The number of hydrogen-bond donors (Lipinski definition) is 2. The highest BCUT2D eigenvalue weighted by Crippen LogP contribution is 2.19. The van der Waals surface area contributed by atoms with Crippen molar-refractivity contribution in [3.05, 3.63) is 29.6 Å². The van der Waals surface area contributed by atoms with Crippen molar-refractivity contribution in [3.63, 3.8) is 0 Å². The minimum atomic E-state index is -0.598. The summed E-state index contributed by atoms with van der Waals surface area (Å²) in [6, 6.07) is 3.23. The lowest BCUT2D eigenvalue weighted by Crippen LogP contribution is -2.33. The van der Waals surface area contributed by atoms with Crippen LogP contribution in [0.25, 0.3) is 0 Å². The molecule has 0 heterocycles. The van der Waals surface area contributed by atoms with Crippen molar-refractivity contribution in [2.24, 2.45) is 0 Å². The second-order valence-electron chi connectivity index (χ2n) is 3.27. The highest BCUT2D eigenvalue weighted by Gasteiger charge is 2.17. The van der Waals surface area contributed by atoms with E-state index in [1.165, 1.54) is 11.0 Å². The summed E-state index contributed by atoms with van der Waals surface area (Å²) in [7, 11) is 0. The van der Waals surface area contributed by atoms with Crippen LogP contribution in [0.2, 0.25) is 0 Å². The van der Waals surface area contributed by atoms with Gasteiger partial charge in [0.05, 0.1) is 12.2 Å². The molecule has 0 aliphatic carbocycles. The molecule has 2 N–H and O–H groups in total. The molecule has 1 aromatic rings. The molecule has 0 saturated carbocycles. The number of carbonyl (C=O) groups is 1. The molecular formula is C11H14FNO3. The second-order valence-corrected chi connectivity index (χ2v) is 3.27.